The van der Waals surface area contributed by atoms with Crippen molar-refractivity contribution in [3.8, 4) is 0 Å². The fourth-order valence-corrected chi connectivity index (χ4v) is 3.08. The standard InChI is InChI=1S/C16H19NS/c1-12-6-3-4-7-14(12)10-18-11-15-8-5-9-16(17)13(15)2/h3-9H,10-11,17H2,1-2H3. The van der Waals surface area contributed by atoms with Gasteiger partial charge >= 0.3 is 0 Å². The zero-order chi connectivity index (χ0) is 13.0. The molecule has 0 fully saturated rings. The first-order chi connectivity index (χ1) is 8.68. The van der Waals surface area contributed by atoms with Gasteiger partial charge in [0.1, 0.15) is 0 Å². The summed E-state index contributed by atoms with van der Waals surface area (Å²) in [7, 11) is 0. The third-order valence-corrected chi connectivity index (χ3v) is 4.29. The Hall–Kier alpha value is -1.41. The normalized spacial score (nSPS) is 10.6. The summed E-state index contributed by atoms with van der Waals surface area (Å²) in [5.74, 6) is 2.08. The first kappa shape index (κ1) is 13.0. The number of hydrogen-bond donors (Lipinski definition) is 1. The number of hydrogen-bond acceptors (Lipinski definition) is 2. The highest BCUT2D eigenvalue weighted by atomic mass is 32.2. The fourth-order valence-electron chi connectivity index (χ4n) is 1.90. The van der Waals surface area contributed by atoms with Crippen LogP contribution in [0.1, 0.15) is 22.3 Å². The van der Waals surface area contributed by atoms with Gasteiger partial charge in [0, 0.05) is 17.2 Å². The SMILES string of the molecule is Cc1ccccc1CSCc1cccc(N)c1C. The van der Waals surface area contributed by atoms with Gasteiger partial charge in [0.05, 0.1) is 0 Å². The largest absolute Gasteiger partial charge is 0.399 e. The first-order valence-electron chi connectivity index (χ1n) is 6.14. The lowest BCUT2D eigenvalue weighted by Crippen LogP contribution is -1.94. The molecule has 1 nitrogen and oxygen atoms in total. The van der Waals surface area contributed by atoms with Crippen LogP contribution in [0.3, 0.4) is 0 Å². The van der Waals surface area contributed by atoms with Crippen LogP contribution >= 0.6 is 11.8 Å². The molecule has 0 saturated carbocycles. The van der Waals surface area contributed by atoms with E-state index in [1.807, 2.05) is 23.9 Å². The highest BCUT2D eigenvalue weighted by molar-refractivity contribution is 7.97. The van der Waals surface area contributed by atoms with E-state index in [4.69, 9.17) is 5.73 Å². The van der Waals surface area contributed by atoms with Crippen LogP contribution in [0.25, 0.3) is 0 Å². The number of nitrogens with two attached hydrogens (primary N) is 1. The summed E-state index contributed by atoms with van der Waals surface area (Å²) < 4.78 is 0. The van der Waals surface area contributed by atoms with Gasteiger partial charge in [0.25, 0.3) is 0 Å². The second-order valence-electron chi connectivity index (χ2n) is 4.55. The molecular weight excluding hydrogens is 238 g/mol. The summed E-state index contributed by atoms with van der Waals surface area (Å²) in [6.07, 6.45) is 0. The molecule has 0 aliphatic carbocycles. The molecule has 0 saturated heterocycles. The number of rotatable bonds is 4. The summed E-state index contributed by atoms with van der Waals surface area (Å²) >= 11 is 1.94. The van der Waals surface area contributed by atoms with Crippen molar-refractivity contribution in [2.45, 2.75) is 25.4 Å². The molecule has 2 N–H and O–H groups in total. The van der Waals surface area contributed by atoms with Crippen molar-refractivity contribution < 1.29 is 0 Å². The number of aryl methyl sites for hydroxylation is 1. The maximum atomic E-state index is 5.92. The summed E-state index contributed by atoms with van der Waals surface area (Å²) in [5, 5.41) is 0. The summed E-state index contributed by atoms with van der Waals surface area (Å²) in [6.45, 7) is 4.26. The average molecular weight is 257 g/mol. The molecule has 0 amide bonds. The third kappa shape index (κ3) is 3.08. The Morgan fingerprint density at radius 2 is 1.56 bits per heavy atom. The lowest BCUT2D eigenvalue weighted by Gasteiger charge is -2.09. The molecule has 0 aliphatic heterocycles. The van der Waals surface area contributed by atoms with E-state index in [0.29, 0.717) is 0 Å². The lowest BCUT2D eigenvalue weighted by atomic mass is 10.1. The molecule has 0 atom stereocenters. The molecule has 0 radical (unpaired) electrons. The molecule has 2 rings (SSSR count). The zero-order valence-electron chi connectivity index (χ0n) is 10.9. The second-order valence-corrected chi connectivity index (χ2v) is 5.54. The Morgan fingerprint density at radius 3 is 2.33 bits per heavy atom. The monoisotopic (exact) mass is 257 g/mol. The Balaban J connectivity index is 1.97. The maximum absolute atomic E-state index is 5.92. The predicted molar refractivity (Wildman–Crippen MR) is 81.8 cm³/mol. The maximum Gasteiger partial charge on any atom is 0.0346 e. The second kappa shape index (κ2) is 5.96. The van der Waals surface area contributed by atoms with Crippen molar-refractivity contribution in [1.82, 2.24) is 0 Å². The van der Waals surface area contributed by atoms with Crippen molar-refractivity contribution in [1.29, 1.82) is 0 Å². The fraction of sp³-hybridized carbons (Fsp3) is 0.250. The lowest BCUT2D eigenvalue weighted by molar-refractivity contribution is 1.28. The van der Waals surface area contributed by atoms with Crippen LogP contribution in [0.5, 0.6) is 0 Å². The van der Waals surface area contributed by atoms with Crippen LogP contribution in [0.4, 0.5) is 5.69 Å². The van der Waals surface area contributed by atoms with E-state index in [1.54, 1.807) is 0 Å². The topological polar surface area (TPSA) is 26.0 Å². The first-order valence-corrected chi connectivity index (χ1v) is 7.30. The van der Waals surface area contributed by atoms with Gasteiger partial charge in [0.2, 0.25) is 0 Å². The van der Waals surface area contributed by atoms with Crippen LogP contribution in [-0.4, -0.2) is 0 Å². The number of benzene rings is 2. The van der Waals surface area contributed by atoms with Crippen LogP contribution in [0.2, 0.25) is 0 Å². The minimum Gasteiger partial charge on any atom is -0.399 e. The van der Waals surface area contributed by atoms with Crippen LogP contribution in [-0.2, 0) is 11.5 Å². The molecule has 0 unspecified atom stereocenters. The smallest absolute Gasteiger partial charge is 0.0346 e. The van der Waals surface area contributed by atoms with Crippen molar-refractivity contribution >= 4 is 17.4 Å². The molecule has 2 aromatic rings. The van der Waals surface area contributed by atoms with Gasteiger partial charge in [-0.15, -0.1) is 0 Å². The molecule has 2 heteroatoms. The third-order valence-electron chi connectivity index (χ3n) is 3.26. The van der Waals surface area contributed by atoms with Gasteiger partial charge in [0.15, 0.2) is 0 Å². The van der Waals surface area contributed by atoms with E-state index >= 15 is 0 Å². The minimum atomic E-state index is 0.893. The molecule has 0 aromatic heterocycles. The highest BCUT2D eigenvalue weighted by Gasteiger charge is 2.02. The van der Waals surface area contributed by atoms with E-state index in [1.165, 1.54) is 22.3 Å². The highest BCUT2D eigenvalue weighted by Crippen LogP contribution is 2.24. The van der Waals surface area contributed by atoms with Gasteiger partial charge in [-0.05, 0) is 42.2 Å². The number of thioether (sulfide) groups is 1. The van der Waals surface area contributed by atoms with E-state index in [0.717, 1.165) is 17.2 Å². The Labute approximate surface area is 113 Å². The number of anilines is 1. The Morgan fingerprint density at radius 1 is 0.889 bits per heavy atom. The zero-order valence-corrected chi connectivity index (χ0v) is 11.8. The Bertz CT molecular complexity index is 534. The van der Waals surface area contributed by atoms with Gasteiger partial charge in [-0.25, -0.2) is 0 Å². The van der Waals surface area contributed by atoms with Crippen molar-refractivity contribution in [2.75, 3.05) is 5.73 Å². The van der Waals surface area contributed by atoms with Crippen molar-refractivity contribution in [2.24, 2.45) is 0 Å². The summed E-state index contributed by atoms with van der Waals surface area (Å²) in [5.41, 5.74) is 12.2. The molecule has 0 aliphatic rings. The van der Waals surface area contributed by atoms with Crippen molar-refractivity contribution in [3.63, 3.8) is 0 Å². The number of nitrogen functional groups attached to an aromatic ring is 1. The van der Waals surface area contributed by atoms with Crippen LogP contribution < -0.4 is 5.73 Å². The molecule has 18 heavy (non-hydrogen) atoms. The van der Waals surface area contributed by atoms with Gasteiger partial charge < -0.3 is 5.73 Å². The quantitative estimate of drug-likeness (QED) is 0.826. The van der Waals surface area contributed by atoms with Crippen LogP contribution in [0.15, 0.2) is 42.5 Å². The molecule has 0 bridgehead atoms. The van der Waals surface area contributed by atoms with E-state index < -0.39 is 0 Å². The molecule has 0 spiro atoms. The predicted octanol–water partition coefficient (Wildman–Crippen LogP) is 4.32. The Kier molecular flexibility index (Phi) is 4.32. The van der Waals surface area contributed by atoms with Gasteiger partial charge in [-0.1, -0.05) is 36.4 Å². The van der Waals surface area contributed by atoms with Gasteiger partial charge in [-0.3, -0.25) is 0 Å². The van der Waals surface area contributed by atoms with Gasteiger partial charge in [-0.2, -0.15) is 11.8 Å². The van der Waals surface area contributed by atoms with E-state index in [-0.39, 0.29) is 0 Å². The van der Waals surface area contributed by atoms with E-state index in [9.17, 15) is 0 Å². The molecule has 2 aromatic carbocycles. The molecule has 0 heterocycles. The molecular formula is C16H19NS. The summed E-state index contributed by atoms with van der Waals surface area (Å²) in [6, 6.07) is 14.7. The van der Waals surface area contributed by atoms with E-state index in [2.05, 4.69) is 44.2 Å². The molecule has 94 valence electrons. The summed E-state index contributed by atoms with van der Waals surface area (Å²) in [4.78, 5) is 0. The average Bonchev–Trinajstić information content (AvgIpc) is 2.37. The van der Waals surface area contributed by atoms with Crippen LogP contribution in [0, 0.1) is 13.8 Å². The minimum absolute atomic E-state index is 0.893. The van der Waals surface area contributed by atoms with Crippen molar-refractivity contribution in [3.05, 3.63) is 64.7 Å².